The van der Waals surface area contributed by atoms with Crippen LogP contribution in [0.25, 0.3) is 0 Å². The number of benzene rings is 3. The fourth-order valence-corrected chi connectivity index (χ4v) is 5.11. The number of rotatable bonds is 13. The molecule has 9 nitrogen and oxygen atoms in total. The largest absolute Gasteiger partial charge is 0.480 e. The van der Waals surface area contributed by atoms with Gasteiger partial charge in [0.2, 0.25) is 0 Å². The number of carbonyl (C=O) groups is 2. The number of ether oxygens (including phenoxy) is 5. The molecule has 0 aromatic heterocycles. The molecule has 6 atom stereocenters. The van der Waals surface area contributed by atoms with E-state index in [1.807, 2.05) is 97.9 Å². The molecule has 3 aromatic carbocycles. The summed E-state index contributed by atoms with van der Waals surface area (Å²) >= 11 is 0. The van der Waals surface area contributed by atoms with E-state index < -0.39 is 54.2 Å². The molecule has 1 aliphatic rings. The summed E-state index contributed by atoms with van der Waals surface area (Å²) in [6.07, 6.45) is -3.99. The highest BCUT2D eigenvalue weighted by Crippen LogP contribution is 2.32. The fourth-order valence-electron chi connectivity index (χ4n) is 5.11. The normalized spacial score (nSPS) is 22.6. The topological polar surface area (TPSA) is 113 Å². The average Bonchev–Trinajstić information content (AvgIpc) is 2.99. The van der Waals surface area contributed by atoms with Gasteiger partial charge in [-0.3, -0.25) is 0 Å². The molecule has 1 fully saturated rings. The second kappa shape index (κ2) is 15.8. The quantitative estimate of drug-likeness (QED) is 0.248. The van der Waals surface area contributed by atoms with Gasteiger partial charge in [0.15, 0.2) is 0 Å². The molecular weight excluding hydrogens is 562 g/mol. The van der Waals surface area contributed by atoms with Crippen molar-refractivity contribution in [3.05, 3.63) is 108 Å². The maximum absolute atomic E-state index is 12.6. The van der Waals surface area contributed by atoms with E-state index in [1.165, 1.54) is 0 Å². The van der Waals surface area contributed by atoms with E-state index in [1.54, 1.807) is 20.8 Å². The zero-order chi connectivity index (χ0) is 31.5. The Balaban J connectivity index is 1.62. The Labute approximate surface area is 259 Å². The first-order valence-corrected chi connectivity index (χ1v) is 14.9. The number of carbonyl (C=O) groups excluding carboxylic acids is 1. The van der Waals surface area contributed by atoms with Gasteiger partial charge in [-0.05, 0) is 44.4 Å². The first kappa shape index (κ1) is 33.1. The van der Waals surface area contributed by atoms with E-state index in [-0.39, 0.29) is 13.0 Å². The number of hydrogen-bond donors (Lipinski definition) is 2. The fraction of sp³-hybridized carbons (Fsp3) is 0.429. The number of hydrogen-bond acceptors (Lipinski definition) is 7. The SMILES string of the molecule is C[C@@H]1O[C@@H](C[C@H](NC(=O)OC(C)(C)C)C(=O)O)[C@@H](OCc2ccccc2)[C@H](OCc2ccccc2)[C@@H]1OCc1ccccc1. The smallest absolute Gasteiger partial charge is 0.408 e. The van der Waals surface area contributed by atoms with Gasteiger partial charge in [-0.2, -0.15) is 0 Å². The van der Waals surface area contributed by atoms with Crippen LogP contribution in [0.3, 0.4) is 0 Å². The van der Waals surface area contributed by atoms with Crippen molar-refractivity contribution in [1.29, 1.82) is 0 Å². The summed E-state index contributed by atoms with van der Waals surface area (Å²) in [5, 5.41) is 12.6. The highest BCUT2D eigenvalue weighted by molar-refractivity contribution is 5.80. The van der Waals surface area contributed by atoms with Crippen LogP contribution >= 0.6 is 0 Å². The summed E-state index contributed by atoms with van der Waals surface area (Å²) in [5.41, 5.74) is 2.12. The maximum atomic E-state index is 12.6. The van der Waals surface area contributed by atoms with Crippen LogP contribution in [0.4, 0.5) is 4.79 Å². The Morgan fingerprint density at radius 2 is 1.18 bits per heavy atom. The van der Waals surface area contributed by atoms with E-state index in [9.17, 15) is 14.7 Å². The van der Waals surface area contributed by atoms with Crippen molar-refractivity contribution in [3.63, 3.8) is 0 Å². The van der Waals surface area contributed by atoms with Gasteiger partial charge in [-0.25, -0.2) is 9.59 Å². The monoisotopic (exact) mass is 605 g/mol. The summed E-state index contributed by atoms with van der Waals surface area (Å²) in [6, 6.07) is 28.0. The third-order valence-electron chi connectivity index (χ3n) is 7.18. The Morgan fingerprint density at radius 1 is 0.750 bits per heavy atom. The minimum Gasteiger partial charge on any atom is -0.480 e. The molecule has 4 rings (SSSR count). The summed E-state index contributed by atoms with van der Waals surface area (Å²) in [5.74, 6) is -1.21. The van der Waals surface area contributed by atoms with E-state index in [0.717, 1.165) is 16.7 Å². The Hall–Kier alpha value is -3.76. The lowest BCUT2D eigenvalue weighted by atomic mass is 9.91. The Kier molecular flexibility index (Phi) is 11.9. The van der Waals surface area contributed by atoms with Crippen LogP contribution in [-0.4, -0.2) is 59.3 Å². The van der Waals surface area contributed by atoms with Crippen LogP contribution in [0.2, 0.25) is 0 Å². The van der Waals surface area contributed by atoms with Crippen molar-refractivity contribution in [2.24, 2.45) is 0 Å². The van der Waals surface area contributed by atoms with Gasteiger partial charge >= 0.3 is 12.1 Å². The van der Waals surface area contributed by atoms with Gasteiger partial charge in [-0.1, -0.05) is 91.0 Å². The lowest BCUT2D eigenvalue weighted by Gasteiger charge is -2.46. The summed E-state index contributed by atoms with van der Waals surface area (Å²) in [4.78, 5) is 24.9. The molecule has 9 heteroatoms. The van der Waals surface area contributed by atoms with E-state index in [0.29, 0.717) is 13.2 Å². The van der Waals surface area contributed by atoms with Crippen LogP contribution in [0, 0.1) is 0 Å². The standard InChI is InChI=1S/C35H43NO8/c1-24-30(40-21-25-14-8-5-9-15-25)32(42-23-27-18-12-7-13-19-27)31(41-22-26-16-10-6-11-17-26)29(43-24)20-28(33(37)38)36-34(39)44-35(2,3)4/h5-19,24,28-32H,20-23H2,1-4H3,(H,36,39)(H,37,38)/t24-,28-,29-,30+,31+,32+/m0/s1. The number of nitrogens with one attached hydrogen (secondary N) is 1. The molecule has 0 radical (unpaired) electrons. The lowest BCUT2D eigenvalue weighted by Crippen LogP contribution is -2.61. The highest BCUT2D eigenvalue weighted by Gasteiger charge is 2.48. The predicted octanol–water partition coefficient (Wildman–Crippen LogP) is 5.90. The third-order valence-corrected chi connectivity index (χ3v) is 7.18. The molecule has 3 aromatic rings. The van der Waals surface area contributed by atoms with E-state index >= 15 is 0 Å². The van der Waals surface area contributed by atoms with Gasteiger partial charge in [0.1, 0.15) is 30.0 Å². The molecule has 0 saturated carbocycles. The molecule has 1 amide bonds. The number of amides is 1. The van der Waals surface area contributed by atoms with Gasteiger partial charge in [0, 0.05) is 6.42 Å². The zero-order valence-electron chi connectivity index (χ0n) is 25.8. The van der Waals surface area contributed by atoms with Crippen LogP contribution in [-0.2, 0) is 48.3 Å². The van der Waals surface area contributed by atoms with Crippen molar-refractivity contribution < 1.29 is 38.4 Å². The first-order chi connectivity index (χ1) is 21.1. The molecule has 0 spiro atoms. The molecule has 0 unspecified atom stereocenters. The number of carboxylic acid groups (broad SMARTS) is 1. The second-order valence-electron chi connectivity index (χ2n) is 11.9. The maximum Gasteiger partial charge on any atom is 0.408 e. The molecule has 1 aliphatic heterocycles. The molecular formula is C35H43NO8. The molecule has 236 valence electrons. The van der Waals surface area contributed by atoms with Crippen molar-refractivity contribution in [2.75, 3.05) is 0 Å². The van der Waals surface area contributed by atoms with Crippen LogP contribution in [0.5, 0.6) is 0 Å². The minimum atomic E-state index is -1.29. The second-order valence-corrected chi connectivity index (χ2v) is 11.9. The molecule has 44 heavy (non-hydrogen) atoms. The van der Waals surface area contributed by atoms with Crippen LogP contribution < -0.4 is 5.32 Å². The van der Waals surface area contributed by atoms with Crippen molar-refractivity contribution in [3.8, 4) is 0 Å². The zero-order valence-corrected chi connectivity index (χ0v) is 25.8. The summed E-state index contributed by atoms with van der Waals surface area (Å²) in [6.45, 7) is 7.89. The summed E-state index contributed by atoms with van der Waals surface area (Å²) < 4.78 is 31.3. The van der Waals surface area contributed by atoms with Crippen LogP contribution in [0.1, 0.15) is 50.8 Å². The highest BCUT2D eigenvalue weighted by atomic mass is 16.6. The van der Waals surface area contributed by atoms with E-state index in [2.05, 4.69) is 5.32 Å². The Morgan fingerprint density at radius 3 is 1.61 bits per heavy atom. The Bertz CT molecular complexity index is 1300. The number of alkyl carbamates (subject to hydrolysis) is 1. The molecule has 0 aliphatic carbocycles. The van der Waals surface area contributed by atoms with E-state index in [4.69, 9.17) is 23.7 Å². The third kappa shape index (κ3) is 10.2. The van der Waals surface area contributed by atoms with Gasteiger partial charge in [0.25, 0.3) is 0 Å². The lowest BCUT2D eigenvalue weighted by molar-refractivity contribution is -0.263. The van der Waals surface area contributed by atoms with Crippen molar-refractivity contribution in [1.82, 2.24) is 5.32 Å². The average molecular weight is 606 g/mol. The first-order valence-electron chi connectivity index (χ1n) is 14.9. The minimum absolute atomic E-state index is 0.0744. The van der Waals surface area contributed by atoms with Crippen molar-refractivity contribution in [2.45, 2.75) is 96.1 Å². The van der Waals surface area contributed by atoms with Gasteiger partial charge < -0.3 is 34.1 Å². The predicted molar refractivity (Wildman–Crippen MR) is 165 cm³/mol. The van der Waals surface area contributed by atoms with Crippen molar-refractivity contribution >= 4 is 12.1 Å². The van der Waals surface area contributed by atoms with Gasteiger partial charge in [0.05, 0.1) is 32.0 Å². The summed E-state index contributed by atoms with van der Waals surface area (Å²) in [7, 11) is 0. The number of aliphatic carboxylic acids is 1. The van der Waals surface area contributed by atoms with Gasteiger partial charge in [-0.15, -0.1) is 0 Å². The molecule has 2 N–H and O–H groups in total. The molecule has 0 bridgehead atoms. The van der Waals surface area contributed by atoms with Crippen LogP contribution in [0.15, 0.2) is 91.0 Å². The molecule has 1 saturated heterocycles. The number of carboxylic acids is 1. The molecule has 1 heterocycles.